The van der Waals surface area contributed by atoms with Crippen LogP contribution in [-0.2, 0) is 4.79 Å². The van der Waals surface area contributed by atoms with E-state index in [2.05, 4.69) is 17.5 Å². The molecule has 1 heterocycles. The van der Waals surface area contributed by atoms with Crippen LogP contribution in [0.2, 0.25) is 10.0 Å². The Morgan fingerprint density at radius 2 is 2.15 bits per heavy atom. The summed E-state index contributed by atoms with van der Waals surface area (Å²) >= 11 is 15.5. The van der Waals surface area contributed by atoms with Crippen LogP contribution >= 0.6 is 46.7 Å². The molecule has 1 aromatic carbocycles. The van der Waals surface area contributed by atoms with E-state index in [1.807, 2.05) is 23.5 Å². The van der Waals surface area contributed by atoms with Gasteiger partial charge in [-0.3, -0.25) is 4.79 Å². The van der Waals surface area contributed by atoms with Crippen molar-refractivity contribution in [3.8, 4) is 0 Å². The first-order valence-corrected chi connectivity index (χ1v) is 8.76. The SMILES string of the molecule is CC1(CC(=O)N/N=C\c2ccc(Cl)cc2Cl)SCCS1. The van der Waals surface area contributed by atoms with Gasteiger partial charge < -0.3 is 0 Å². The van der Waals surface area contributed by atoms with Gasteiger partial charge in [-0.05, 0) is 19.1 Å². The van der Waals surface area contributed by atoms with Gasteiger partial charge in [0.25, 0.3) is 0 Å². The van der Waals surface area contributed by atoms with Gasteiger partial charge in [0.05, 0.1) is 21.7 Å². The van der Waals surface area contributed by atoms with Crippen molar-refractivity contribution in [2.75, 3.05) is 11.5 Å². The maximum absolute atomic E-state index is 11.8. The number of carbonyl (C=O) groups excluding carboxylic acids is 1. The van der Waals surface area contributed by atoms with Crippen molar-refractivity contribution in [1.29, 1.82) is 0 Å². The van der Waals surface area contributed by atoms with E-state index >= 15 is 0 Å². The molecule has 108 valence electrons. The summed E-state index contributed by atoms with van der Waals surface area (Å²) in [6.07, 6.45) is 1.97. The Morgan fingerprint density at radius 3 is 2.80 bits per heavy atom. The Bertz CT molecular complexity index is 531. The van der Waals surface area contributed by atoms with Crippen molar-refractivity contribution in [2.45, 2.75) is 17.4 Å². The molecule has 3 nitrogen and oxygen atoms in total. The van der Waals surface area contributed by atoms with Crippen LogP contribution in [-0.4, -0.2) is 27.7 Å². The Labute approximate surface area is 136 Å². The molecule has 0 radical (unpaired) electrons. The van der Waals surface area contributed by atoms with Crippen LogP contribution in [0, 0.1) is 0 Å². The highest BCUT2D eigenvalue weighted by atomic mass is 35.5. The number of hydrogen-bond donors (Lipinski definition) is 1. The minimum absolute atomic E-state index is 0.0302. The van der Waals surface area contributed by atoms with E-state index in [1.54, 1.807) is 18.2 Å². The van der Waals surface area contributed by atoms with Gasteiger partial charge in [0.1, 0.15) is 0 Å². The second-order valence-corrected chi connectivity index (χ2v) is 8.76. The molecule has 1 aromatic rings. The Hall–Kier alpha value is -0.360. The van der Waals surface area contributed by atoms with E-state index < -0.39 is 0 Å². The van der Waals surface area contributed by atoms with Crippen LogP contribution < -0.4 is 5.43 Å². The number of amides is 1. The van der Waals surface area contributed by atoms with Gasteiger partial charge in [-0.25, -0.2) is 5.43 Å². The lowest BCUT2D eigenvalue weighted by Crippen LogP contribution is -2.26. The third-order valence-electron chi connectivity index (χ3n) is 2.74. The van der Waals surface area contributed by atoms with Crippen molar-refractivity contribution in [2.24, 2.45) is 5.10 Å². The van der Waals surface area contributed by atoms with Crippen molar-refractivity contribution < 1.29 is 4.79 Å². The average molecular weight is 349 g/mol. The minimum atomic E-state index is -0.0873. The fourth-order valence-electron chi connectivity index (χ4n) is 1.77. The second-order valence-electron chi connectivity index (χ2n) is 4.47. The predicted octanol–water partition coefficient (Wildman–Crippen LogP) is 4.03. The highest BCUT2D eigenvalue weighted by Gasteiger charge is 2.32. The number of nitrogens with zero attached hydrogens (tertiary/aromatic N) is 1. The molecule has 1 aliphatic heterocycles. The summed E-state index contributed by atoms with van der Waals surface area (Å²) in [5.41, 5.74) is 3.25. The lowest BCUT2D eigenvalue weighted by molar-refractivity contribution is -0.121. The van der Waals surface area contributed by atoms with Crippen LogP contribution in [0.15, 0.2) is 23.3 Å². The third kappa shape index (κ3) is 4.58. The summed E-state index contributed by atoms with van der Waals surface area (Å²) in [5, 5.41) is 5.01. The molecule has 0 atom stereocenters. The zero-order valence-electron chi connectivity index (χ0n) is 10.9. The normalized spacial score (nSPS) is 17.6. The minimum Gasteiger partial charge on any atom is -0.273 e. The summed E-state index contributed by atoms with van der Waals surface area (Å²) in [4.78, 5) is 11.8. The summed E-state index contributed by atoms with van der Waals surface area (Å²) in [6.45, 7) is 2.09. The van der Waals surface area contributed by atoms with E-state index in [4.69, 9.17) is 23.2 Å². The van der Waals surface area contributed by atoms with Crippen LogP contribution in [0.4, 0.5) is 0 Å². The van der Waals surface area contributed by atoms with Crippen LogP contribution in [0.5, 0.6) is 0 Å². The molecule has 7 heteroatoms. The molecular weight excluding hydrogens is 335 g/mol. The Kier molecular flexibility index (Phi) is 5.66. The van der Waals surface area contributed by atoms with Gasteiger partial charge in [-0.1, -0.05) is 29.3 Å². The fraction of sp³-hybridized carbons (Fsp3) is 0.385. The molecule has 1 saturated heterocycles. The molecule has 1 aliphatic rings. The number of halogens is 2. The van der Waals surface area contributed by atoms with Crippen LogP contribution in [0.25, 0.3) is 0 Å². The number of benzene rings is 1. The van der Waals surface area contributed by atoms with E-state index in [9.17, 15) is 4.79 Å². The molecule has 2 rings (SSSR count). The number of carbonyl (C=O) groups is 1. The first-order chi connectivity index (χ1) is 9.48. The van der Waals surface area contributed by atoms with Crippen molar-refractivity contribution in [1.82, 2.24) is 5.43 Å². The van der Waals surface area contributed by atoms with Gasteiger partial charge >= 0.3 is 0 Å². The van der Waals surface area contributed by atoms with E-state index in [0.717, 1.165) is 11.5 Å². The van der Waals surface area contributed by atoms with Crippen molar-refractivity contribution in [3.05, 3.63) is 33.8 Å². The smallest absolute Gasteiger partial charge is 0.242 e. The van der Waals surface area contributed by atoms with Gasteiger partial charge in [-0.2, -0.15) is 5.10 Å². The van der Waals surface area contributed by atoms with Crippen molar-refractivity contribution >= 4 is 58.8 Å². The first kappa shape index (κ1) is 16.0. The molecule has 1 N–H and O–H groups in total. The molecule has 0 spiro atoms. The molecule has 0 saturated carbocycles. The maximum Gasteiger partial charge on any atom is 0.242 e. The molecule has 20 heavy (non-hydrogen) atoms. The maximum atomic E-state index is 11.8. The number of rotatable bonds is 4. The molecule has 0 aromatic heterocycles. The molecule has 0 bridgehead atoms. The Balaban J connectivity index is 1.88. The van der Waals surface area contributed by atoms with Gasteiger partial charge in [-0.15, -0.1) is 23.5 Å². The number of nitrogens with one attached hydrogen (secondary N) is 1. The predicted molar refractivity (Wildman–Crippen MR) is 90.1 cm³/mol. The van der Waals surface area contributed by atoms with E-state index in [-0.39, 0.29) is 9.99 Å². The quantitative estimate of drug-likeness (QED) is 0.659. The first-order valence-electron chi connectivity index (χ1n) is 6.03. The van der Waals surface area contributed by atoms with Gasteiger partial charge in [0.2, 0.25) is 5.91 Å². The largest absolute Gasteiger partial charge is 0.273 e. The molecule has 1 amide bonds. The van der Waals surface area contributed by atoms with E-state index in [1.165, 1.54) is 6.21 Å². The fourth-order valence-corrected chi connectivity index (χ4v) is 5.06. The standard InChI is InChI=1S/C13H14Cl2N2OS2/c1-13(19-4-5-20-13)7-12(18)17-16-8-9-2-3-10(14)6-11(9)15/h2-3,6,8H,4-5,7H2,1H3,(H,17,18)/b16-8-. The van der Waals surface area contributed by atoms with Crippen molar-refractivity contribution in [3.63, 3.8) is 0 Å². The van der Waals surface area contributed by atoms with E-state index in [0.29, 0.717) is 22.0 Å². The number of hydrogen-bond acceptors (Lipinski definition) is 4. The monoisotopic (exact) mass is 348 g/mol. The van der Waals surface area contributed by atoms with Crippen LogP contribution in [0.3, 0.4) is 0 Å². The van der Waals surface area contributed by atoms with Gasteiger partial charge in [0, 0.05) is 22.1 Å². The second kappa shape index (κ2) is 7.07. The number of hydrazone groups is 1. The zero-order chi connectivity index (χ0) is 14.6. The van der Waals surface area contributed by atoms with Crippen LogP contribution in [0.1, 0.15) is 18.9 Å². The molecular formula is C13H14Cl2N2OS2. The molecule has 0 aliphatic carbocycles. The average Bonchev–Trinajstić information content (AvgIpc) is 2.78. The topological polar surface area (TPSA) is 41.5 Å². The zero-order valence-corrected chi connectivity index (χ0v) is 14.0. The lowest BCUT2D eigenvalue weighted by atomic mass is 10.2. The molecule has 0 unspecified atom stereocenters. The van der Waals surface area contributed by atoms with Gasteiger partial charge in [0.15, 0.2) is 0 Å². The number of thioether (sulfide) groups is 2. The molecule has 1 fully saturated rings. The summed E-state index contributed by atoms with van der Waals surface area (Å²) in [5.74, 6) is 2.10. The highest BCUT2D eigenvalue weighted by Crippen LogP contribution is 2.45. The lowest BCUT2D eigenvalue weighted by Gasteiger charge is -2.19. The summed E-state index contributed by atoms with van der Waals surface area (Å²) in [7, 11) is 0. The third-order valence-corrected chi connectivity index (χ3v) is 6.59. The highest BCUT2D eigenvalue weighted by molar-refractivity contribution is 8.21. The summed E-state index contributed by atoms with van der Waals surface area (Å²) in [6, 6.07) is 5.12. The Morgan fingerprint density at radius 1 is 1.45 bits per heavy atom. The summed E-state index contributed by atoms with van der Waals surface area (Å²) < 4.78 is -0.0302.